The number of aromatic carboxylic acids is 1. The van der Waals surface area contributed by atoms with Crippen LogP contribution in [-0.2, 0) is 0 Å². The molecule has 0 bridgehead atoms. The number of ether oxygens (including phenoxy) is 1. The molecule has 0 fully saturated rings. The summed E-state index contributed by atoms with van der Waals surface area (Å²) >= 11 is 5.69. The molecule has 0 amide bonds. The van der Waals surface area contributed by atoms with Gasteiger partial charge in [-0.2, -0.15) is 0 Å². The fourth-order valence-corrected chi connectivity index (χ4v) is 1.65. The molecule has 2 aromatic rings. The van der Waals surface area contributed by atoms with E-state index in [1.165, 1.54) is 42.5 Å². The first-order valence-corrected chi connectivity index (χ1v) is 5.89. The lowest BCUT2D eigenvalue weighted by atomic mass is 10.2. The van der Waals surface area contributed by atoms with Crippen molar-refractivity contribution in [3.05, 3.63) is 58.6 Å². The number of phenolic OH excluding ortho intramolecular Hbond substituents is 1. The van der Waals surface area contributed by atoms with Crippen molar-refractivity contribution < 1.29 is 24.5 Å². The summed E-state index contributed by atoms with van der Waals surface area (Å²) < 4.78 is 5.06. The second kappa shape index (κ2) is 5.63. The van der Waals surface area contributed by atoms with Crippen LogP contribution in [-0.4, -0.2) is 22.2 Å². The van der Waals surface area contributed by atoms with E-state index in [1.807, 2.05) is 0 Å². The molecule has 2 rings (SSSR count). The molecule has 102 valence electrons. The zero-order valence-electron chi connectivity index (χ0n) is 10.0. The van der Waals surface area contributed by atoms with Gasteiger partial charge in [-0.1, -0.05) is 11.6 Å². The normalized spacial score (nSPS) is 10.1. The monoisotopic (exact) mass is 292 g/mol. The Morgan fingerprint density at radius 3 is 2.15 bits per heavy atom. The highest BCUT2D eigenvalue weighted by Gasteiger charge is 2.11. The Morgan fingerprint density at radius 2 is 1.60 bits per heavy atom. The molecule has 0 unspecified atom stereocenters. The number of carboxylic acid groups (broad SMARTS) is 1. The lowest BCUT2D eigenvalue weighted by Crippen LogP contribution is -2.08. The highest BCUT2D eigenvalue weighted by Crippen LogP contribution is 2.24. The van der Waals surface area contributed by atoms with Crippen molar-refractivity contribution in [3.8, 4) is 11.5 Å². The Labute approximate surface area is 119 Å². The van der Waals surface area contributed by atoms with E-state index >= 15 is 0 Å². The van der Waals surface area contributed by atoms with Gasteiger partial charge in [-0.25, -0.2) is 9.59 Å². The lowest BCUT2D eigenvalue weighted by Gasteiger charge is -2.05. The number of aromatic hydroxyl groups is 1. The van der Waals surface area contributed by atoms with E-state index in [-0.39, 0.29) is 27.6 Å². The van der Waals surface area contributed by atoms with Gasteiger partial charge in [0, 0.05) is 0 Å². The molecule has 2 N–H and O–H groups in total. The van der Waals surface area contributed by atoms with Gasteiger partial charge < -0.3 is 14.9 Å². The molecule has 0 saturated carbocycles. The number of carboxylic acids is 1. The van der Waals surface area contributed by atoms with E-state index in [2.05, 4.69) is 0 Å². The van der Waals surface area contributed by atoms with Gasteiger partial charge in [0.2, 0.25) is 0 Å². The van der Waals surface area contributed by atoms with Crippen LogP contribution in [0.2, 0.25) is 5.02 Å². The predicted molar refractivity (Wildman–Crippen MR) is 71.5 cm³/mol. The van der Waals surface area contributed by atoms with E-state index < -0.39 is 11.9 Å². The number of esters is 1. The summed E-state index contributed by atoms with van der Waals surface area (Å²) in [6.07, 6.45) is 0. The number of hydrogen-bond acceptors (Lipinski definition) is 4. The van der Waals surface area contributed by atoms with E-state index in [9.17, 15) is 14.7 Å². The van der Waals surface area contributed by atoms with Gasteiger partial charge in [0.15, 0.2) is 0 Å². The Morgan fingerprint density at radius 1 is 1.00 bits per heavy atom. The fraction of sp³-hybridized carbons (Fsp3) is 0. The third-order valence-corrected chi connectivity index (χ3v) is 2.80. The number of phenols is 1. The van der Waals surface area contributed by atoms with Gasteiger partial charge in [0.25, 0.3) is 0 Å². The molecule has 0 aromatic heterocycles. The van der Waals surface area contributed by atoms with Crippen molar-refractivity contribution in [2.45, 2.75) is 0 Å². The van der Waals surface area contributed by atoms with E-state index in [0.717, 1.165) is 0 Å². The van der Waals surface area contributed by atoms with Crippen molar-refractivity contribution >= 4 is 23.5 Å². The van der Waals surface area contributed by atoms with Crippen molar-refractivity contribution in [3.63, 3.8) is 0 Å². The third kappa shape index (κ3) is 3.07. The van der Waals surface area contributed by atoms with Crippen LogP contribution in [0.1, 0.15) is 20.7 Å². The first kappa shape index (κ1) is 13.9. The molecule has 0 aliphatic rings. The van der Waals surface area contributed by atoms with Gasteiger partial charge in [-0.05, 0) is 42.5 Å². The van der Waals surface area contributed by atoms with Gasteiger partial charge in [-0.3, -0.25) is 0 Å². The second-order valence-corrected chi connectivity index (χ2v) is 4.29. The number of hydrogen-bond donors (Lipinski definition) is 2. The summed E-state index contributed by atoms with van der Waals surface area (Å²) in [6.45, 7) is 0. The molecule has 0 atom stereocenters. The summed E-state index contributed by atoms with van der Waals surface area (Å²) in [5.74, 6) is -1.64. The molecule has 0 spiro atoms. The molecule has 0 aliphatic heterocycles. The van der Waals surface area contributed by atoms with E-state index in [0.29, 0.717) is 0 Å². The largest absolute Gasteiger partial charge is 0.506 e. The first-order valence-electron chi connectivity index (χ1n) is 5.51. The van der Waals surface area contributed by atoms with Crippen molar-refractivity contribution in [1.82, 2.24) is 0 Å². The molecule has 0 radical (unpaired) electrons. The summed E-state index contributed by atoms with van der Waals surface area (Å²) in [5.41, 5.74) is 0.271. The Bertz CT molecular complexity index is 664. The van der Waals surface area contributed by atoms with Crippen molar-refractivity contribution in [1.29, 1.82) is 0 Å². The number of carbonyl (C=O) groups excluding carboxylic acids is 1. The maximum absolute atomic E-state index is 11.8. The second-order valence-electron chi connectivity index (χ2n) is 3.89. The molecular weight excluding hydrogens is 284 g/mol. The van der Waals surface area contributed by atoms with Crippen LogP contribution in [0, 0.1) is 0 Å². The Hall–Kier alpha value is -2.53. The predicted octanol–water partition coefficient (Wildman–Crippen LogP) is 2.96. The maximum Gasteiger partial charge on any atom is 0.343 e. The van der Waals surface area contributed by atoms with Crippen LogP contribution in [0.3, 0.4) is 0 Å². The minimum absolute atomic E-state index is 0.0423. The molecule has 6 heteroatoms. The van der Waals surface area contributed by atoms with Gasteiger partial charge >= 0.3 is 11.9 Å². The molecule has 0 saturated heterocycles. The fourth-order valence-electron chi connectivity index (χ4n) is 1.47. The molecule has 0 aliphatic carbocycles. The number of rotatable bonds is 3. The third-order valence-electron chi connectivity index (χ3n) is 2.50. The maximum atomic E-state index is 11.8. The molecule has 0 heterocycles. The summed E-state index contributed by atoms with van der Waals surface area (Å²) in [6, 6.07) is 9.35. The summed E-state index contributed by atoms with van der Waals surface area (Å²) in [4.78, 5) is 22.5. The van der Waals surface area contributed by atoms with Gasteiger partial charge in [-0.15, -0.1) is 0 Å². The SMILES string of the molecule is O=C(O)c1ccc(OC(=O)c2ccc(O)c(Cl)c2)cc1. The zero-order valence-corrected chi connectivity index (χ0v) is 10.8. The van der Waals surface area contributed by atoms with Crippen molar-refractivity contribution in [2.75, 3.05) is 0 Å². The minimum Gasteiger partial charge on any atom is -0.506 e. The topological polar surface area (TPSA) is 83.8 Å². The highest BCUT2D eigenvalue weighted by molar-refractivity contribution is 6.32. The smallest absolute Gasteiger partial charge is 0.343 e. The number of carbonyl (C=O) groups is 2. The van der Waals surface area contributed by atoms with Crippen LogP contribution in [0.5, 0.6) is 11.5 Å². The Balaban J connectivity index is 2.14. The van der Waals surface area contributed by atoms with Crippen LogP contribution in [0.25, 0.3) is 0 Å². The lowest BCUT2D eigenvalue weighted by molar-refractivity contribution is 0.0696. The molecule has 5 nitrogen and oxygen atoms in total. The summed E-state index contributed by atoms with van der Waals surface area (Å²) in [7, 11) is 0. The number of halogens is 1. The average molecular weight is 293 g/mol. The van der Waals surface area contributed by atoms with Crippen LogP contribution < -0.4 is 4.74 Å². The average Bonchev–Trinajstić information content (AvgIpc) is 2.42. The minimum atomic E-state index is -1.06. The summed E-state index contributed by atoms with van der Waals surface area (Å²) in [5, 5.41) is 18.0. The van der Waals surface area contributed by atoms with Crippen LogP contribution >= 0.6 is 11.6 Å². The first-order chi connectivity index (χ1) is 9.47. The van der Waals surface area contributed by atoms with Gasteiger partial charge in [0.1, 0.15) is 11.5 Å². The standard InChI is InChI=1S/C14H9ClO5/c15-11-7-9(3-6-12(11)16)14(19)20-10-4-1-8(2-5-10)13(17)18/h1-7,16H,(H,17,18). The Kier molecular flexibility index (Phi) is 3.91. The molecular formula is C14H9ClO5. The molecule has 2 aromatic carbocycles. The van der Waals surface area contributed by atoms with Crippen molar-refractivity contribution in [2.24, 2.45) is 0 Å². The zero-order chi connectivity index (χ0) is 14.7. The number of benzene rings is 2. The molecule has 20 heavy (non-hydrogen) atoms. The van der Waals surface area contributed by atoms with E-state index in [1.54, 1.807) is 0 Å². The van der Waals surface area contributed by atoms with Crippen LogP contribution in [0.15, 0.2) is 42.5 Å². The van der Waals surface area contributed by atoms with E-state index in [4.69, 9.17) is 21.4 Å². The highest BCUT2D eigenvalue weighted by atomic mass is 35.5. The van der Waals surface area contributed by atoms with Crippen LogP contribution in [0.4, 0.5) is 0 Å². The van der Waals surface area contributed by atoms with Gasteiger partial charge in [0.05, 0.1) is 16.1 Å². The quantitative estimate of drug-likeness (QED) is 0.671.